The average Bonchev–Trinajstić information content (AvgIpc) is 2.88. The monoisotopic (exact) mass is 295 g/mol. The number of carbonyl (C=O) groups excluding carboxylic acids is 1. The van der Waals surface area contributed by atoms with Crippen molar-refractivity contribution in [2.24, 2.45) is 0 Å². The first kappa shape index (κ1) is 12.9. The van der Waals surface area contributed by atoms with Crippen molar-refractivity contribution >= 4 is 33.8 Å². The van der Waals surface area contributed by atoms with Crippen LogP contribution in [0, 0.1) is 11.3 Å². The molecule has 3 heterocycles. The number of amides is 1. The van der Waals surface area contributed by atoms with Crippen LogP contribution in [0.25, 0.3) is 0 Å². The lowest BCUT2D eigenvalue weighted by Crippen LogP contribution is -2.25. The SMILES string of the molecule is CN1CCc2c(sc(N3CC(Cl)CC3=O)c2C#N)C1. The summed E-state index contributed by atoms with van der Waals surface area (Å²) >= 11 is 7.62. The van der Waals surface area contributed by atoms with Crippen LogP contribution in [0.15, 0.2) is 0 Å². The van der Waals surface area contributed by atoms with E-state index >= 15 is 0 Å². The number of halogens is 1. The van der Waals surface area contributed by atoms with Crippen molar-refractivity contribution < 1.29 is 4.79 Å². The molecule has 0 aromatic carbocycles. The third-order valence-corrected chi connectivity index (χ3v) is 5.20. The Labute approximate surface area is 121 Å². The van der Waals surface area contributed by atoms with Gasteiger partial charge in [-0.2, -0.15) is 5.26 Å². The first-order chi connectivity index (χ1) is 9.10. The van der Waals surface area contributed by atoms with Crippen LogP contribution in [0.2, 0.25) is 0 Å². The van der Waals surface area contributed by atoms with Crippen molar-refractivity contribution in [2.75, 3.05) is 25.0 Å². The second-order valence-corrected chi connectivity index (χ2v) is 6.79. The maximum atomic E-state index is 12.0. The largest absolute Gasteiger partial charge is 0.301 e. The molecule has 19 heavy (non-hydrogen) atoms. The predicted molar refractivity (Wildman–Crippen MR) is 75.7 cm³/mol. The topological polar surface area (TPSA) is 47.3 Å². The Morgan fingerprint density at radius 3 is 2.95 bits per heavy atom. The molecule has 2 aliphatic rings. The van der Waals surface area contributed by atoms with E-state index in [0.29, 0.717) is 18.5 Å². The molecule has 0 spiro atoms. The second kappa shape index (κ2) is 4.78. The highest BCUT2D eigenvalue weighted by Crippen LogP contribution is 2.40. The smallest absolute Gasteiger partial charge is 0.229 e. The van der Waals surface area contributed by atoms with Gasteiger partial charge in [0.2, 0.25) is 5.91 Å². The molecule has 100 valence electrons. The lowest BCUT2D eigenvalue weighted by atomic mass is 10.0. The molecule has 1 aromatic heterocycles. The molecular weight excluding hydrogens is 282 g/mol. The van der Waals surface area contributed by atoms with Gasteiger partial charge in [0.15, 0.2) is 0 Å². The number of likely N-dealkylation sites (N-methyl/N-ethyl adjacent to an activating group) is 1. The molecule has 2 aliphatic heterocycles. The van der Waals surface area contributed by atoms with Crippen molar-refractivity contribution in [3.63, 3.8) is 0 Å². The molecule has 0 N–H and O–H groups in total. The highest BCUT2D eigenvalue weighted by Gasteiger charge is 2.34. The maximum Gasteiger partial charge on any atom is 0.229 e. The summed E-state index contributed by atoms with van der Waals surface area (Å²) in [5.41, 5.74) is 1.82. The van der Waals surface area contributed by atoms with E-state index in [2.05, 4.69) is 18.0 Å². The Kier molecular flexibility index (Phi) is 3.25. The lowest BCUT2D eigenvalue weighted by molar-refractivity contribution is -0.117. The fourth-order valence-electron chi connectivity index (χ4n) is 2.68. The molecule has 0 radical (unpaired) electrons. The van der Waals surface area contributed by atoms with Gasteiger partial charge in [-0.05, 0) is 19.0 Å². The number of anilines is 1. The predicted octanol–water partition coefficient (Wildman–Crippen LogP) is 1.95. The Hall–Kier alpha value is -1.09. The van der Waals surface area contributed by atoms with E-state index in [1.807, 2.05) is 0 Å². The van der Waals surface area contributed by atoms with Crippen molar-refractivity contribution in [3.05, 3.63) is 16.0 Å². The normalized spacial score (nSPS) is 23.5. The molecule has 4 nitrogen and oxygen atoms in total. The fraction of sp³-hybridized carbons (Fsp3) is 0.538. The average molecular weight is 296 g/mol. The van der Waals surface area contributed by atoms with Gasteiger partial charge >= 0.3 is 0 Å². The molecule has 1 amide bonds. The van der Waals surface area contributed by atoms with E-state index in [4.69, 9.17) is 11.6 Å². The first-order valence-corrected chi connectivity index (χ1v) is 7.53. The summed E-state index contributed by atoms with van der Waals surface area (Å²) in [6.07, 6.45) is 1.26. The Morgan fingerprint density at radius 2 is 2.32 bits per heavy atom. The van der Waals surface area contributed by atoms with Crippen LogP contribution in [0.4, 0.5) is 5.00 Å². The number of thiophene rings is 1. The number of carbonyl (C=O) groups is 1. The third kappa shape index (κ3) is 2.14. The van der Waals surface area contributed by atoms with E-state index in [1.165, 1.54) is 4.88 Å². The van der Waals surface area contributed by atoms with E-state index in [-0.39, 0.29) is 11.3 Å². The molecular formula is C13H14ClN3OS. The minimum atomic E-state index is -0.138. The van der Waals surface area contributed by atoms with Gasteiger partial charge in [0.1, 0.15) is 11.1 Å². The summed E-state index contributed by atoms with van der Waals surface area (Å²) in [7, 11) is 2.07. The van der Waals surface area contributed by atoms with Crippen LogP contribution in [-0.4, -0.2) is 36.3 Å². The zero-order valence-electron chi connectivity index (χ0n) is 10.6. The highest BCUT2D eigenvalue weighted by molar-refractivity contribution is 7.16. The number of nitriles is 1. The minimum Gasteiger partial charge on any atom is -0.301 e. The summed E-state index contributed by atoms with van der Waals surface area (Å²) in [6.45, 7) is 2.34. The van der Waals surface area contributed by atoms with Gasteiger partial charge < -0.3 is 9.80 Å². The molecule has 0 aliphatic carbocycles. The summed E-state index contributed by atoms with van der Waals surface area (Å²) in [5.74, 6) is 0.0310. The van der Waals surface area contributed by atoms with Crippen LogP contribution >= 0.6 is 22.9 Å². The molecule has 1 unspecified atom stereocenters. The van der Waals surface area contributed by atoms with Crippen molar-refractivity contribution in [1.82, 2.24) is 4.90 Å². The van der Waals surface area contributed by atoms with Gasteiger partial charge in [0.05, 0.1) is 10.9 Å². The molecule has 3 rings (SSSR count). The van der Waals surface area contributed by atoms with E-state index in [0.717, 1.165) is 30.1 Å². The van der Waals surface area contributed by atoms with Crippen LogP contribution in [0.5, 0.6) is 0 Å². The summed E-state index contributed by atoms with van der Waals surface area (Å²) in [6, 6.07) is 2.29. The number of hydrogen-bond donors (Lipinski definition) is 0. The molecule has 0 bridgehead atoms. The van der Waals surface area contributed by atoms with Crippen LogP contribution in [0.3, 0.4) is 0 Å². The number of nitrogens with zero attached hydrogens (tertiary/aromatic N) is 3. The van der Waals surface area contributed by atoms with E-state index in [9.17, 15) is 10.1 Å². The zero-order valence-corrected chi connectivity index (χ0v) is 12.2. The van der Waals surface area contributed by atoms with Gasteiger partial charge in [0.25, 0.3) is 0 Å². The van der Waals surface area contributed by atoms with Crippen LogP contribution in [-0.2, 0) is 17.8 Å². The summed E-state index contributed by atoms with van der Waals surface area (Å²) in [5, 5.41) is 10.1. The number of hydrogen-bond acceptors (Lipinski definition) is 4. The minimum absolute atomic E-state index is 0.0310. The Bertz CT molecular complexity index is 577. The van der Waals surface area contributed by atoms with Crippen molar-refractivity contribution in [2.45, 2.75) is 24.8 Å². The molecule has 1 atom stereocenters. The second-order valence-electron chi connectivity index (χ2n) is 5.09. The van der Waals surface area contributed by atoms with Gasteiger partial charge in [-0.25, -0.2) is 0 Å². The van der Waals surface area contributed by atoms with E-state index < -0.39 is 0 Å². The Balaban J connectivity index is 2.03. The van der Waals surface area contributed by atoms with Crippen LogP contribution < -0.4 is 4.90 Å². The third-order valence-electron chi connectivity index (χ3n) is 3.66. The summed E-state index contributed by atoms with van der Waals surface area (Å²) in [4.78, 5) is 17.1. The molecule has 1 saturated heterocycles. The lowest BCUT2D eigenvalue weighted by Gasteiger charge is -2.21. The van der Waals surface area contributed by atoms with E-state index in [1.54, 1.807) is 16.2 Å². The van der Waals surface area contributed by atoms with Gasteiger partial charge in [-0.15, -0.1) is 22.9 Å². The molecule has 1 fully saturated rings. The van der Waals surface area contributed by atoms with Crippen molar-refractivity contribution in [1.29, 1.82) is 5.26 Å². The summed E-state index contributed by atoms with van der Waals surface area (Å²) < 4.78 is 0. The maximum absolute atomic E-state index is 12.0. The van der Waals surface area contributed by atoms with Gasteiger partial charge in [0, 0.05) is 30.9 Å². The number of alkyl halides is 1. The highest BCUT2D eigenvalue weighted by atomic mass is 35.5. The first-order valence-electron chi connectivity index (χ1n) is 6.27. The van der Waals surface area contributed by atoms with Crippen LogP contribution in [0.1, 0.15) is 22.4 Å². The Morgan fingerprint density at radius 1 is 1.53 bits per heavy atom. The fourth-order valence-corrected chi connectivity index (χ4v) is 4.36. The molecule has 0 saturated carbocycles. The zero-order chi connectivity index (χ0) is 13.6. The molecule has 1 aromatic rings. The number of fused-ring (bicyclic) bond motifs is 1. The van der Waals surface area contributed by atoms with Gasteiger partial charge in [-0.3, -0.25) is 4.79 Å². The number of rotatable bonds is 1. The quantitative estimate of drug-likeness (QED) is 0.744. The standard InChI is InChI=1S/C13H14ClN3OS/c1-16-3-2-9-10(5-15)13(19-11(9)7-16)17-6-8(14)4-12(17)18/h8H,2-4,6-7H2,1H3. The van der Waals surface area contributed by atoms with Gasteiger partial charge in [-0.1, -0.05) is 0 Å². The molecule has 6 heteroatoms. The van der Waals surface area contributed by atoms with Crippen molar-refractivity contribution in [3.8, 4) is 6.07 Å².